The second-order valence-electron chi connectivity index (χ2n) is 3.77. The van der Waals surface area contributed by atoms with Crippen molar-refractivity contribution in [1.29, 1.82) is 0 Å². The zero-order valence-corrected chi connectivity index (χ0v) is 10.5. The fourth-order valence-corrected chi connectivity index (χ4v) is 1.34. The van der Waals surface area contributed by atoms with Crippen LogP contribution in [-0.4, -0.2) is 32.2 Å². The number of amides is 2. The molecule has 9 nitrogen and oxygen atoms in total. The summed E-state index contributed by atoms with van der Waals surface area (Å²) >= 11 is 0. The van der Waals surface area contributed by atoms with E-state index in [4.69, 9.17) is 9.63 Å². The number of carbonyl (C=O) groups is 2. The van der Waals surface area contributed by atoms with Gasteiger partial charge < -0.3 is 20.3 Å². The highest BCUT2D eigenvalue weighted by atomic mass is 16.5. The number of urea groups is 1. The molecule has 20 heavy (non-hydrogen) atoms. The van der Waals surface area contributed by atoms with Gasteiger partial charge in [0.2, 0.25) is 5.89 Å². The third-order valence-electron chi connectivity index (χ3n) is 2.22. The zero-order valence-electron chi connectivity index (χ0n) is 10.5. The van der Waals surface area contributed by atoms with E-state index in [1.54, 1.807) is 6.92 Å². The van der Waals surface area contributed by atoms with Gasteiger partial charge in [0, 0.05) is 6.92 Å². The Hall–Kier alpha value is -2.97. The van der Waals surface area contributed by atoms with Crippen molar-refractivity contribution in [2.75, 3.05) is 5.32 Å². The predicted octanol–water partition coefficient (Wildman–Crippen LogP) is 0.793. The summed E-state index contributed by atoms with van der Waals surface area (Å²) in [6, 6.07) is 2.24. The lowest BCUT2D eigenvalue weighted by Crippen LogP contribution is -2.28. The van der Waals surface area contributed by atoms with E-state index in [1.165, 1.54) is 18.3 Å². The number of pyridine rings is 1. The first-order valence-electron chi connectivity index (χ1n) is 5.58. The minimum absolute atomic E-state index is 0.0989. The molecule has 0 aliphatic carbocycles. The van der Waals surface area contributed by atoms with Crippen LogP contribution in [0.25, 0.3) is 0 Å². The molecule has 0 aliphatic rings. The van der Waals surface area contributed by atoms with Gasteiger partial charge in [-0.05, 0) is 12.1 Å². The number of carbonyl (C=O) groups excluding carboxylic acids is 1. The Morgan fingerprint density at radius 2 is 2.20 bits per heavy atom. The van der Waals surface area contributed by atoms with Crippen molar-refractivity contribution < 1.29 is 19.2 Å². The number of hydrogen-bond acceptors (Lipinski definition) is 6. The van der Waals surface area contributed by atoms with Gasteiger partial charge in [-0.2, -0.15) is 4.98 Å². The number of aromatic nitrogens is 3. The molecule has 0 saturated carbocycles. The van der Waals surface area contributed by atoms with Gasteiger partial charge in [-0.3, -0.25) is 0 Å². The Kier molecular flexibility index (Phi) is 3.89. The lowest BCUT2D eigenvalue weighted by molar-refractivity contribution is 0.0690. The van der Waals surface area contributed by atoms with E-state index in [-0.39, 0.29) is 12.2 Å². The third kappa shape index (κ3) is 3.51. The molecule has 0 atom stereocenters. The predicted molar refractivity (Wildman–Crippen MR) is 66.1 cm³/mol. The molecule has 0 fully saturated rings. The highest BCUT2D eigenvalue weighted by molar-refractivity contribution is 5.90. The van der Waals surface area contributed by atoms with Crippen LogP contribution in [0.15, 0.2) is 22.9 Å². The third-order valence-corrected chi connectivity index (χ3v) is 2.22. The molecule has 2 amide bonds. The average molecular weight is 277 g/mol. The Bertz CT molecular complexity index is 622. The molecule has 9 heteroatoms. The van der Waals surface area contributed by atoms with Crippen LogP contribution in [0.1, 0.15) is 22.2 Å². The van der Waals surface area contributed by atoms with Crippen molar-refractivity contribution in [2.24, 2.45) is 0 Å². The van der Waals surface area contributed by atoms with E-state index in [0.717, 1.165) is 0 Å². The first-order valence-corrected chi connectivity index (χ1v) is 5.58. The Balaban J connectivity index is 1.86. The Morgan fingerprint density at radius 1 is 1.40 bits per heavy atom. The van der Waals surface area contributed by atoms with Gasteiger partial charge in [0.15, 0.2) is 5.82 Å². The van der Waals surface area contributed by atoms with Crippen molar-refractivity contribution in [3.8, 4) is 0 Å². The van der Waals surface area contributed by atoms with E-state index in [9.17, 15) is 9.59 Å². The lowest BCUT2D eigenvalue weighted by Gasteiger charge is -2.05. The second-order valence-corrected chi connectivity index (χ2v) is 3.77. The van der Waals surface area contributed by atoms with Crippen molar-refractivity contribution in [1.82, 2.24) is 20.4 Å². The van der Waals surface area contributed by atoms with Gasteiger partial charge in [0.05, 0.1) is 18.4 Å². The number of aromatic carboxylic acids is 1. The molecule has 0 bridgehead atoms. The van der Waals surface area contributed by atoms with Crippen LogP contribution in [0.2, 0.25) is 0 Å². The lowest BCUT2D eigenvalue weighted by atomic mass is 10.3. The van der Waals surface area contributed by atoms with Crippen LogP contribution in [0.5, 0.6) is 0 Å². The Morgan fingerprint density at radius 3 is 2.75 bits per heavy atom. The molecular weight excluding hydrogens is 266 g/mol. The summed E-state index contributed by atoms with van der Waals surface area (Å²) in [4.78, 5) is 29.8. The minimum Gasteiger partial charge on any atom is -0.477 e. The maximum atomic E-state index is 11.6. The Labute approximate surface area is 113 Å². The standard InChI is InChI=1S/C11H11N5O4/c1-6-14-9(16-20-6)5-13-11(19)15-7-2-3-8(10(17)18)12-4-7/h2-4H,5H2,1H3,(H,17,18)(H2,13,15,19). The molecular formula is C11H11N5O4. The van der Waals surface area contributed by atoms with Crippen LogP contribution >= 0.6 is 0 Å². The summed E-state index contributed by atoms with van der Waals surface area (Å²) in [6.07, 6.45) is 1.25. The van der Waals surface area contributed by atoms with Crippen molar-refractivity contribution in [3.05, 3.63) is 35.7 Å². The molecule has 2 aromatic heterocycles. The summed E-state index contributed by atoms with van der Waals surface area (Å²) < 4.78 is 4.75. The largest absolute Gasteiger partial charge is 0.477 e. The first kappa shape index (κ1) is 13.5. The summed E-state index contributed by atoms with van der Waals surface area (Å²) in [5.41, 5.74) is 0.273. The number of aryl methyl sites for hydroxylation is 1. The molecule has 0 saturated heterocycles. The van der Waals surface area contributed by atoms with Crippen LogP contribution in [0.3, 0.4) is 0 Å². The SMILES string of the molecule is Cc1nc(CNC(=O)Nc2ccc(C(=O)O)nc2)no1. The van der Waals surface area contributed by atoms with Gasteiger partial charge in [-0.25, -0.2) is 14.6 Å². The topological polar surface area (TPSA) is 130 Å². The summed E-state index contributed by atoms with van der Waals surface area (Å²) in [6.45, 7) is 1.76. The van der Waals surface area contributed by atoms with Crippen LogP contribution in [0, 0.1) is 6.92 Å². The number of rotatable bonds is 4. The highest BCUT2D eigenvalue weighted by Crippen LogP contribution is 2.06. The van der Waals surface area contributed by atoms with Gasteiger partial charge in [0.1, 0.15) is 5.69 Å². The average Bonchev–Trinajstić information content (AvgIpc) is 2.83. The van der Waals surface area contributed by atoms with E-state index >= 15 is 0 Å². The smallest absolute Gasteiger partial charge is 0.354 e. The number of nitrogens with one attached hydrogen (secondary N) is 2. The fourth-order valence-electron chi connectivity index (χ4n) is 1.34. The van der Waals surface area contributed by atoms with Gasteiger partial charge in [-0.1, -0.05) is 5.16 Å². The maximum absolute atomic E-state index is 11.6. The second kappa shape index (κ2) is 5.78. The quantitative estimate of drug-likeness (QED) is 0.753. The number of anilines is 1. The molecule has 3 N–H and O–H groups in total. The molecule has 0 radical (unpaired) electrons. The zero-order chi connectivity index (χ0) is 14.5. The van der Waals surface area contributed by atoms with E-state index < -0.39 is 12.0 Å². The highest BCUT2D eigenvalue weighted by Gasteiger charge is 2.07. The normalized spacial score (nSPS) is 10.1. The van der Waals surface area contributed by atoms with Crippen molar-refractivity contribution in [3.63, 3.8) is 0 Å². The molecule has 0 spiro atoms. The molecule has 2 aromatic rings. The van der Waals surface area contributed by atoms with E-state index in [1.807, 2.05) is 0 Å². The number of carboxylic acids is 1. The molecule has 2 rings (SSSR count). The van der Waals surface area contributed by atoms with Crippen molar-refractivity contribution >= 4 is 17.7 Å². The molecule has 0 aliphatic heterocycles. The van der Waals surface area contributed by atoms with E-state index in [2.05, 4.69) is 25.8 Å². The molecule has 104 valence electrons. The van der Waals surface area contributed by atoms with Crippen LogP contribution in [-0.2, 0) is 6.54 Å². The monoisotopic (exact) mass is 277 g/mol. The van der Waals surface area contributed by atoms with Crippen LogP contribution in [0.4, 0.5) is 10.5 Å². The molecule has 0 aromatic carbocycles. The maximum Gasteiger partial charge on any atom is 0.354 e. The van der Waals surface area contributed by atoms with E-state index in [0.29, 0.717) is 17.4 Å². The summed E-state index contributed by atoms with van der Waals surface area (Å²) in [7, 11) is 0. The molecule has 2 heterocycles. The minimum atomic E-state index is -1.13. The number of nitrogens with zero attached hydrogens (tertiary/aromatic N) is 3. The summed E-state index contributed by atoms with van der Waals surface area (Å²) in [5.74, 6) is -0.360. The molecule has 0 unspecified atom stereocenters. The van der Waals surface area contributed by atoms with Crippen molar-refractivity contribution in [2.45, 2.75) is 13.5 Å². The van der Waals surface area contributed by atoms with Gasteiger partial charge in [0.25, 0.3) is 0 Å². The van der Waals surface area contributed by atoms with Gasteiger partial charge in [-0.15, -0.1) is 0 Å². The first-order chi connectivity index (χ1) is 9.54. The number of hydrogen-bond donors (Lipinski definition) is 3. The van der Waals surface area contributed by atoms with Crippen LogP contribution < -0.4 is 10.6 Å². The fraction of sp³-hybridized carbons (Fsp3) is 0.182. The summed E-state index contributed by atoms with van der Waals surface area (Å²) in [5, 5.41) is 17.3. The van der Waals surface area contributed by atoms with Gasteiger partial charge >= 0.3 is 12.0 Å². The number of carboxylic acid groups (broad SMARTS) is 1.